The number of hydrogen-bond donors (Lipinski definition) is 5. The van der Waals surface area contributed by atoms with E-state index in [1.807, 2.05) is 37.3 Å². The normalized spacial score (nSPS) is 15.0. The van der Waals surface area contributed by atoms with Crippen LogP contribution in [0, 0.1) is 16.7 Å². The van der Waals surface area contributed by atoms with Gasteiger partial charge in [-0.3, -0.25) is 25.5 Å². The number of rotatable bonds is 14. The Morgan fingerprint density at radius 2 is 1.98 bits per heavy atom. The lowest BCUT2D eigenvalue weighted by molar-refractivity contribution is -0.114. The van der Waals surface area contributed by atoms with Crippen LogP contribution in [-0.4, -0.2) is 54.6 Å². The molecule has 1 aliphatic heterocycles. The van der Waals surface area contributed by atoms with Crippen molar-refractivity contribution in [1.29, 1.82) is 10.8 Å². The lowest BCUT2D eigenvalue weighted by atomic mass is 9.90. The fourth-order valence-corrected chi connectivity index (χ4v) is 4.65. The fraction of sp³-hybridized carbons (Fsp3) is 0.312. The first-order valence-corrected chi connectivity index (χ1v) is 13.9. The van der Waals surface area contributed by atoms with Crippen LogP contribution in [0.3, 0.4) is 0 Å². The van der Waals surface area contributed by atoms with Crippen molar-refractivity contribution in [3.63, 3.8) is 0 Å². The summed E-state index contributed by atoms with van der Waals surface area (Å²) in [6.07, 6.45) is 8.94. The zero-order valence-corrected chi connectivity index (χ0v) is 24.9. The molecule has 1 amide bonds. The summed E-state index contributed by atoms with van der Waals surface area (Å²) in [6, 6.07) is 8.88. The zero-order chi connectivity index (χ0) is 31.5. The molecule has 228 valence electrons. The molecule has 0 radical (unpaired) electrons. The molecule has 1 aromatic heterocycles. The standard InChI is InChI=1S/C32H39F2N7O2/c1-5-6-9-21(14-13-20(2)23-18-41(19-23)17-22-10-8-15-39-29(22)31(33)34)24-11-7-12-25(30(24)43-4)40-26(16-27(35)36)28(37)32(42)38-3/h6-16,23,31,37,40H,5,17-19H2,1-4H3,(H3,35,36)(H,38,42)/b9-6+,20-13+,21-14+,26-16+,37-28?. The molecule has 1 aromatic carbocycles. The first-order valence-electron chi connectivity index (χ1n) is 13.9. The van der Waals surface area contributed by atoms with Crippen LogP contribution in [0.25, 0.3) is 5.57 Å². The van der Waals surface area contributed by atoms with Crippen LogP contribution in [-0.2, 0) is 11.3 Å². The number of methoxy groups -OCH3 is 1. The van der Waals surface area contributed by atoms with Crippen LogP contribution in [0.15, 0.2) is 78.2 Å². The van der Waals surface area contributed by atoms with Gasteiger partial charge in [-0.1, -0.05) is 55.0 Å². The quantitative estimate of drug-likeness (QED) is 0.112. The fourth-order valence-electron chi connectivity index (χ4n) is 4.65. The van der Waals surface area contributed by atoms with E-state index in [9.17, 15) is 13.6 Å². The number of para-hydroxylation sites is 1. The van der Waals surface area contributed by atoms with E-state index in [-0.39, 0.29) is 22.9 Å². The Morgan fingerprint density at radius 1 is 1.23 bits per heavy atom. The molecule has 11 heteroatoms. The lowest BCUT2D eigenvalue weighted by Gasteiger charge is -2.40. The van der Waals surface area contributed by atoms with Gasteiger partial charge in [0.1, 0.15) is 23.0 Å². The molecule has 0 saturated carbocycles. The molecule has 0 atom stereocenters. The molecule has 9 nitrogen and oxygen atoms in total. The van der Waals surface area contributed by atoms with Crippen molar-refractivity contribution in [3.05, 3.63) is 95.0 Å². The van der Waals surface area contributed by atoms with E-state index in [1.165, 1.54) is 26.4 Å². The Morgan fingerprint density at radius 3 is 2.60 bits per heavy atom. The average Bonchev–Trinajstić information content (AvgIpc) is 2.97. The third-order valence-corrected chi connectivity index (χ3v) is 7.01. The van der Waals surface area contributed by atoms with Gasteiger partial charge in [0.2, 0.25) is 0 Å². The Labute approximate surface area is 251 Å². The van der Waals surface area contributed by atoms with Gasteiger partial charge in [-0.15, -0.1) is 0 Å². The summed E-state index contributed by atoms with van der Waals surface area (Å²) in [6.45, 7) is 6.06. The molecule has 1 saturated heterocycles. The van der Waals surface area contributed by atoms with E-state index in [1.54, 1.807) is 18.2 Å². The van der Waals surface area contributed by atoms with Crippen LogP contribution in [0.1, 0.15) is 43.5 Å². The SMILES string of the molecule is CC/C=C/C(=C\C=C(/C)C1CN(Cc2cccnc2C(F)F)C1)c1cccc(N/C(=C/C(=N)N)C(=N)C(=O)NC)c1OC. The van der Waals surface area contributed by atoms with Crippen LogP contribution in [0.5, 0.6) is 5.75 Å². The smallest absolute Gasteiger partial charge is 0.280 e. The van der Waals surface area contributed by atoms with Crippen molar-refractivity contribution < 1.29 is 18.3 Å². The summed E-state index contributed by atoms with van der Waals surface area (Å²) in [7, 11) is 2.95. The van der Waals surface area contributed by atoms with Crippen molar-refractivity contribution in [2.24, 2.45) is 11.7 Å². The number of anilines is 1. The molecular weight excluding hydrogens is 552 g/mol. The van der Waals surface area contributed by atoms with E-state index < -0.39 is 12.3 Å². The number of halogens is 2. The van der Waals surface area contributed by atoms with Gasteiger partial charge in [-0.25, -0.2) is 8.78 Å². The molecule has 43 heavy (non-hydrogen) atoms. The maximum atomic E-state index is 13.3. The largest absolute Gasteiger partial charge is 0.494 e. The van der Waals surface area contributed by atoms with Crippen molar-refractivity contribution in [3.8, 4) is 5.75 Å². The number of amidine groups is 1. The Kier molecular flexibility index (Phi) is 11.9. The Bertz CT molecular complexity index is 1460. The first kappa shape index (κ1) is 32.9. The summed E-state index contributed by atoms with van der Waals surface area (Å²) in [5.74, 6) is -0.167. The molecule has 0 unspecified atom stereocenters. The number of carbonyl (C=O) groups excluding carboxylic acids is 1. The summed E-state index contributed by atoms with van der Waals surface area (Å²) < 4.78 is 32.4. The molecule has 1 fully saturated rings. The third kappa shape index (κ3) is 8.68. The van der Waals surface area contributed by atoms with E-state index in [4.69, 9.17) is 21.3 Å². The van der Waals surface area contributed by atoms with Gasteiger partial charge in [0.25, 0.3) is 12.3 Å². The minimum atomic E-state index is -2.60. The molecule has 0 spiro atoms. The van der Waals surface area contributed by atoms with Crippen LogP contribution >= 0.6 is 0 Å². The molecule has 3 rings (SSSR count). The van der Waals surface area contributed by atoms with Crippen LogP contribution < -0.4 is 21.1 Å². The molecule has 2 heterocycles. The van der Waals surface area contributed by atoms with E-state index in [0.29, 0.717) is 29.5 Å². The Hall–Kier alpha value is -4.64. The zero-order valence-electron chi connectivity index (χ0n) is 24.9. The van der Waals surface area contributed by atoms with Crippen molar-refractivity contribution >= 4 is 28.7 Å². The number of ether oxygens (including phenoxy) is 1. The van der Waals surface area contributed by atoms with Gasteiger partial charge in [0, 0.05) is 50.4 Å². The number of nitrogens with two attached hydrogens (primary N) is 1. The number of allylic oxidation sites excluding steroid dienone is 5. The van der Waals surface area contributed by atoms with Gasteiger partial charge < -0.3 is 21.1 Å². The van der Waals surface area contributed by atoms with E-state index in [2.05, 4.69) is 33.5 Å². The first-order chi connectivity index (χ1) is 20.6. The molecule has 0 aliphatic carbocycles. The van der Waals surface area contributed by atoms with Crippen molar-refractivity contribution in [2.45, 2.75) is 33.2 Å². The number of nitrogens with one attached hydrogen (secondary N) is 4. The number of nitrogens with zero attached hydrogens (tertiary/aromatic N) is 2. The lowest BCUT2D eigenvalue weighted by Crippen LogP contribution is -2.46. The third-order valence-electron chi connectivity index (χ3n) is 7.01. The number of pyridine rings is 1. The second-order valence-corrected chi connectivity index (χ2v) is 10.1. The molecule has 1 aliphatic rings. The number of amides is 1. The number of aromatic nitrogens is 1. The molecule has 2 aromatic rings. The predicted molar refractivity (Wildman–Crippen MR) is 168 cm³/mol. The minimum absolute atomic E-state index is 0.0502. The van der Waals surface area contributed by atoms with Crippen LogP contribution in [0.4, 0.5) is 14.5 Å². The van der Waals surface area contributed by atoms with E-state index in [0.717, 1.165) is 36.2 Å². The number of alkyl halides is 2. The second-order valence-electron chi connectivity index (χ2n) is 10.1. The number of hydrogen-bond acceptors (Lipinski definition) is 7. The van der Waals surface area contributed by atoms with Gasteiger partial charge >= 0.3 is 0 Å². The highest BCUT2D eigenvalue weighted by molar-refractivity contribution is 6.45. The van der Waals surface area contributed by atoms with Gasteiger partial charge in [-0.05, 0) is 36.6 Å². The average molecular weight is 592 g/mol. The van der Waals surface area contributed by atoms with Crippen molar-refractivity contribution in [2.75, 3.05) is 32.6 Å². The minimum Gasteiger partial charge on any atom is -0.494 e. The van der Waals surface area contributed by atoms with Crippen LogP contribution in [0.2, 0.25) is 0 Å². The van der Waals surface area contributed by atoms with Gasteiger partial charge in [0.15, 0.2) is 0 Å². The van der Waals surface area contributed by atoms with Gasteiger partial charge in [-0.2, -0.15) is 0 Å². The second kappa shape index (κ2) is 15.5. The summed E-state index contributed by atoms with van der Waals surface area (Å²) in [5.41, 5.74) is 8.93. The predicted octanol–water partition coefficient (Wildman–Crippen LogP) is 5.45. The number of benzene rings is 1. The summed E-state index contributed by atoms with van der Waals surface area (Å²) in [5, 5.41) is 21.3. The highest BCUT2D eigenvalue weighted by atomic mass is 19.3. The number of likely N-dealkylation sites (tertiary alicyclic amines) is 1. The highest BCUT2D eigenvalue weighted by Gasteiger charge is 2.29. The number of carbonyl (C=O) groups is 1. The summed E-state index contributed by atoms with van der Waals surface area (Å²) in [4.78, 5) is 18.1. The molecule has 0 bridgehead atoms. The topological polar surface area (TPSA) is 140 Å². The maximum Gasteiger partial charge on any atom is 0.280 e. The Balaban J connectivity index is 1.85. The van der Waals surface area contributed by atoms with E-state index >= 15 is 0 Å². The van der Waals surface area contributed by atoms with Crippen molar-refractivity contribution in [1.82, 2.24) is 15.2 Å². The maximum absolute atomic E-state index is 13.3. The molecular formula is C32H39F2N7O2. The molecule has 6 N–H and O–H groups in total. The monoisotopic (exact) mass is 591 g/mol. The summed E-state index contributed by atoms with van der Waals surface area (Å²) >= 11 is 0. The van der Waals surface area contributed by atoms with Gasteiger partial charge in [0.05, 0.1) is 18.5 Å². The highest BCUT2D eigenvalue weighted by Crippen LogP contribution is 2.36.